The number of carboxylic acid groups (broad SMARTS) is 1. The molecule has 1 saturated heterocycles. The van der Waals surface area contributed by atoms with Gasteiger partial charge in [-0.25, -0.2) is 9.18 Å². The lowest BCUT2D eigenvalue weighted by atomic mass is 10.1. The van der Waals surface area contributed by atoms with Gasteiger partial charge in [-0.05, 0) is 12.1 Å². The molecule has 0 aromatic heterocycles. The van der Waals surface area contributed by atoms with Gasteiger partial charge in [-0.15, -0.1) is 0 Å². The van der Waals surface area contributed by atoms with E-state index in [1.807, 2.05) is 0 Å². The number of rotatable bonds is 0. The maximum absolute atomic E-state index is 13.6. The summed E-state index contributed by atoms with van der Waals surface area (Å²) in [6.45, 7) is 2.45. The van der Waals surface area contributed by atoms with Gasteiger partial charge in [-0.3, -0.25) is 4.79 Å². The van der Waals surface area contributed by atoms with Crippen molar-refractivity contribution in [1.82, 2.24) is 10.2 Å². The summed E-state index contributed by atoms with van der Waals surface area (Å²) in [6, 6.07) is 4.46. The van der Waals surface area contributed by atoms with E-state index in [9.17, 15) is 22.4 Å². The summed E-state index contributed by atoms with van der Waals surface area (Å²) >= 11 is 0. The first-order valence-electron chi connectivity index (χ1n) is 6.95. The van der Waals surface area contributed by atoms with E-state index in [4.69, 9.17) is 14.6 Å². The number of carbonyl (C=O) groups excluding carboxylic acids is 1. The molecule has 10 heteroatoms. The third-order valence-corrected chi connectivity index (χ3v) is 3.47. The summed E-state index contributed by atoms with van der Waals surface area (Å²) in [5.41, 5.74) is 0.328. The van der Waals surface area contributed by atoms with Gasteiger partial charge in [0.25, 0.3) is 5.91 Å². The lowest BCUT2D eigenvalue weighted by molar-refractivity contribution is -0.192. The van der Waals surface area contributed by atoms with Gasteiger partial charge in [0, 0.05) is 19.6 Å². The molecule has 0 spiro atoms. The summed E-state index contributed by atoms with van der Waals surface area (Å²) < 4.78 is 50.8. The zero-order valence-corrected chi connectivity index (χ0v) is 12.3. The largest absolute Gasteiger partial charge is 0.490 e. The number of nitrogens with zero attached hydrogens (tertiary/aromatic N) is 1. The highest BCUT2D eigenvalue weighted by molar-refractivity contribution is 5.97. The van der Waals surface area contributed by atoms with Crippen LogP contribution in [0.25, 0.3) is 0 Å². The van der Waals surface area contributed by atoms with Gasteiger partial charge in [-0.1, -0.05) is 6.07 Å². The van der Waals surface area contributed by atoms with E-state index in [-0.39, 0.29) is 17.7 Å². The van der Waals surface area contributed by atoms with Gasteiger partial charge in [0.1, 0.15) is 6.61 Å². The van der Waals surface area contributed by atoms with Crippen molar-refractivity contribution in [2.24, 2.45) is 0 Å². The van der Waals surface area contributed by atoms with Gasteiger partial charge in [0.15, 0.2) is 11.6 Å². The van der Waals surface area contributed by atoms with Crippen LogP contribution in [-0.2, 0) is 4.79 Å². The highest BCUT2D eigenvalue weighted by Gasteiger charge is 2.38. The molecule has 1 atom stereocenters. The molecular weight excluding hydrogens is 336 g/mol. The van der Waals surface area contributed by atoms with Crippen LogP contribution in [0.2, 0.25) is 0 Å². The number of aliphatic carboxylic acids is 1. The molecule has 6 nitrogen and oxygen atoms in total. The van der Waals surface area contributed by atoms with Crippen molar-refractivity contribution < 1.29 is 37.0 Å². The number of alkyl halides is 3. The Kier molecular flexibility index (Phi) is 5.27. The second-order valence-corrected chi connectivity index (χ2v) is 5.09. The second kappa shape index (κ2) is 7.04. The molecule has 3 rings (SSSR count). The molecule has 24 heavy (non-hydrogen) atoms. The number of ether oxygens (including phenoxy) is 1. The first-order chi connectivity index (χ1) is 11.2. The molecule has 1 aromatic rings. The fourth-order valence-electron chi connectivity index (χ4n) is 2.34. The first kappa shape index (κ1) is 18.0. The topological polar surface area (TPSA) is 78.9 Å². The predicted octanol–water partition coefficient (Wildman–Crippen LogP) is 1.27. The number of halogens is 4. The number of hydrogen-bond acceptors (Lipinski definition) is 4. The summed E-state index contributed by atoms with van der Waals surface area (Å²) in [5.74, 6) is -3.27. The van der Waals surface area contributed by atoms with Gasteiger partial charge in [-0.2, -0.15) is 13.2 Å². The molecule has 2 heterocycles. The monoisotopic (exact) mass is 350 g/mol. The lowest BCUT2D eigenvalue weighted by Gasteiger charge is -2.33. The Balaban J connectivity index is 0.000000256. The number of piperazine rings is 1. The molecule has 0 radical (unpaired) electrons. The molecule has 0 saturated carbocycles. The van der Waals surface area contributed by atoms with Gasteiger partial charge in [0.05, 0.1) is 11.6 Å². The maximum atomic E-state index is 13.6. The van der Waals surface area contributed by atoms with Crippen molar-refractivity contribution in [3.05, 3.63) is 29.6 Å². The summed E-state index contributed by atoms with van der Waals surface area (Å²) in [6.07, 6.45) is -5.08. The second-order valence-electron chi connectivity index (χ2n) is 5.09. The fraction of sp³-hybridized carbons (Fsp3) is 0.429. The van der Waals surface area contributed by atoms with Crippen molar-refractivity contribution in [2.75, 3.05) is 26.2 Å². The Morgan fingerprint density at radius 1 is 1.38 bits per heavy atom. The van der Waals surface area contributed by atoms with Crippen LogP contribution in [0.4, 0.5) is 17.6 Å². The number of hydrogen-bond donors (Lipinski definition) is 2. The SMILES string of the molecule is O=C(O)C(F)(F)F.O=C1c2cccc(F)c2OCC2CNCCN12. The number of carbonyl (C=O) groups is 2. The van der Waals surface area contributed by atoms with Crippen molar-refractivity contribution >= 4 is 11.9 Å². The Hall–Kier alpha value is -2.36. The zero-order chi connectivity index (χ0) is 17.9. The number of benzene rings is 1. The molecule has 1 aromatic carbocycles. The standard InChI is InChI=1S/C12H13FN2O2.C2HF3O2/c13-10-3-1-2-9-11(10)17-7-8-6-14-4-5-15(8)12(9)16;3-2(4,5)1(6)7/h1-3,8,14H,4-7H2;(H,6,7). The van der Waals surface area contributed by atoms with Crippen LogP contribution < -0.4 is 10.1 Å². The zero-order valence-electron chi connectivity index (χ0n) is 12.3. The Morgan fingerprint density at radius 2 is 2.04 bits per heavy atom. The van der Waals surface area contributed by atoms with E-state index in [0.717, 1.165) is 6.54 Å². The van der Waals surface area contributed by atoms with Crippen molar-refractivity contribution in [3.8, 4) is 5.75 Å². The van der Waals surface area contributed by atoms with Gasteiger partial charge >= 0.3 is 12.1 Å². The number of para-hydroxylation sites is 1. The number of carboxylic acids is 1. The molecule has 2 aliphatic heterocycles. The highest BCUT2D eigenvalue weighted by Crippen LogP contribution is 2.28. The quantitative estimate of drug-likeness (QED) is 0.689. The van der Waals surface area contributed by atoms with Crippen molar-refractivity contribution in [1.29, 1.82) is 0 Å². The lowest BCUT2D eigenvalue weighted by Crippen LogP contribution is -2.54. The Bertz CT molecular complexity index is 636. The first-order valence-corrected chi connectivity index (χ1v) is 6.95. The minimum absolute atomic E-state index is 0.0111. The maximum Gasteiger partial charge on any atom is 0.490 e. The summed E-state index contributed by atoms with van der Waals surface area (Å²) in [7, 11) is 0. The molecular formula is C14H14F4N2O4. The highest BCUT2D eigenvalue weighted by atomic mass is 19.4. The van der Waals surface area contributed by atoms with E-state index < -0.39 is 18.0 Å². The smallest absolute Gasteiger partial charge is 0.487 e. The molecule has 132 valence electrons. The Morgan fingerprint density at radius 3 is 2.67 bits per heavy atom. The van der Waals surface area contributed by atoms with Crippen molar-refractivity contribution in [3.63, 3.8) is 0 Å². The van der Waals surface area contributed by atoms with E-state index in [1.165, 1.54) is 12.1 Å². The summed E-state index contributed by atoms with van der Waals surface area (Å²) in [4.78, 5) is 22.9. The van der Waals surface area contributed by atoms with Crippen molar-refractivity contribution in [2.45, 2.75) is 12.2 Å². The van der Waals surface area contributed by atoms with E-state index in [0.29, 0.717) is 25.3 Å². The molecule has 1 amide bonds. The van der Waals surface area contributed by atoms with Crippen LogP contribution in [0.3, 0.4) is 0 Å². The number of nitrogens with one attached hydrogen (secondary N) is 1. The molecule has 0 bridgehead atoms. The molecule has 2 N–H and O–H groups in total. The third kappa shape index (κ3) is 3.94. The van der Waals surface area contributed by atoms with Crippen LogP contribution >= 0.6 is 0 Å². The molecule has 1 fully saturated rings. The summed E-state index contributed by atoms with van der Waals surface area (Å²) in [5, 5.41) is 10.3. The van der Waals surface area contributed by atoms with E-state index in [2.05, 4.69) is 5.32 Å². The number of amides is 1. The molecule has 2 aliphatic rings. The van der Waals surface area contributed by atoms with Crippen LogP contribution in [0.5, 0.6) is 5.75 Å². The van der Waals surface area contributed by atoms with Gasteiger partial charge < -0.3 is 20.1 Å². The van der Waals surface area contributed by atoms with Crippen LogP contribution in [0.1, 0.15) is 10.4 Å². The van der Waals surface area contributed by atoms with Crippen LogP contribution in [-0.4, -0.2) is 60.3 Å². The normalized spacial score (nSPS) is 19.9. The van der Waals surface area contributed by atoms with Crippen LogP contribution in [0.15, 0.2) is 18.2 Å². The third-order valence-electron chi connectivity index (χ3n) is 3.47. The van der Waals surface area contributed by atoms with E-state index in [1.54, 1.807) is 11.0 Å². The average Bonchev–Trinajstić information content (AvgIpc) is 2.66. The van der Waals surface area contributed by atoms with Crippen LogP contribution in [0, 0.1) is 5.82 Å². The predicted molar refractivity (Wildman–Crippen MR) is 73.3 cm³/mol. The molecule has 1 unspecified atom stereocenters. The minimum atomic E-state index is -5.08. The van der Waals surface area contributed by atoms with Gasteiger partial charge in [0.2, 0.25) is 0 Å². The number of fused-ring (bicyclic) bond motifs is 2. The minimum Gasteiger partial charge on any atom is -0.487 e. The fourth-order valence-corrected chi connectivity index (χ4v) is 2.34. The van der Waals surface area contributed by atoms with E-state index >= 15 is 0 Å². The average molecular weight is 350 g/mol. The Labute approximate surface area is 134 Å². The molecule has 0 aliphatic carbocycles.